The maximum absolute atomic E-state index is 13.2. The molecule has 29 heavy (non-hydrogen) atoms. The van der Waals surface area contributed by atoms with Crippen LogP contribution in [0.25, 0.3) is 22.1 Å². The number of imidazole rings is 1. The Kier molecular flexibility index (Phi) is 4.95. The molecule has 0 aliphatic carbocycles. The number of ether oxygens (including phenoxy) is 1. The van der Waals surface area contributed by atoms with Crippen molar-refractivity contribution in [1.82, 2.24) is 9.38 Å². The van der Waals surface area contributed by atoms with E-state index >= 15 is 0 Å². The van der Waals surface area contributed by atoms with Crippen LogP contribution in [0.5, 0.6) is 5.75 Å². The van der Waals surface area contributed by atoms with Gasteiger partial charge < -0.3 is 4.74 Å². The van der Waals surface area contributed by atoms with Gasteiger partial charge in [0.25, 0.3) is 5.56 Å². The lowest BCUT2D eigenvalue weighted by molar-refractivity contribution is 0.335. The van der Waals surface area contributed by atoms with Gasteiger partial charge in [-0.15, -0.1) is 0 Å². The van der Waals surface area contributed by atoms with Crippen molar-refractivity contribution in [2.45, 2.75) is 47.5 Å². The summed E-state index contributed by atoms with van der Waals surface area (Å²) in [4.78, 5) is 18.6. The van der Waals surface area contributed by atoms with Gasteiger partial charge >= 0.3 is 0 Å². The molecule has 0 fully saturated rings. The van der Waals surface area contributed by atoms with Crippen LogP contribution in [0.3, 0.4) is 0 Å². The van der Waals surface area contributed by atoms with Gasteiger partial charge in [0.2, 0.25) is 0 Å². The number of benzene rings is 2. The Morgan fingerprint density at radius 1 is 1.10 bits per heavy atom. The zero-order valence-corrected chi connectivity index (χ0v) is 18.6. The zero-order chi connectivity index (χ0) is 20.9. The van der Waals surface area contributed by atoms with E-state index in [9.17, 15) is 4.79 Å². The minimum Gasteiger partial charge on any atom is -0.494 e. The maximum atomic E-state index is 13.2. The third-order valence-corrected chi connectivity index (χ3v) is 6.43. The molecule has 5 heteroatoms. The Balaban J connectivity index is 1.93. The highest BCUT2D eigenvalue weighted by atomic mass is 32.1. The fourth-order valence-electron chi connectivity index (χ4n) is 3.66. The van der Waals surface area contributed by atoms with Crippen LogP contribution in [-0.4, -0.2) is 16.0 Å². The molecule has 0 aliphatic heterocycles. The van der Waals surface area contributed by atoms with Gasteiger partial charge in [-0.2, -0.15) is 0 Å². The van der Waals surface area contributed by atoms with Gasteiger partial charge in [-0.25, -0.2) is 9.38 Å². The van der Waals surface area contributed by atoms with Crippen molar-refractivity contribution >= 4 is 33.4 Å². The van der Waals surface area contributed by atoms with E-state index in [-0.39, 0.29) is 5.56 Å². The van der Waals surface area contributed by atoms with Crippen molar-refractivity contribution in [3.63, 3.8) is 0 Å². The summed E-state index contributed by atoms with van der Waals surface area (Å²) < 4.78 is 8.27. The molecular weight excluding hydrogens is 380 g/mol. The molecular formula is C24H26N2O2S. The summed E-state index contributed by atoms with van der Waals surface area (Å²) in [5.41, 5.74) is 7.42. The highest BCUT2D eigenvalue weighted by Crippen LogP contribution is 2.30. The minimum absolute atomic E-state index is 0.00450. The van der Waals surface area contributed by atoms with Crippen molar-refractivity contribution in [1.29, 1.82) is 0 Å². The molecule has 2 aromatic heterocycles. The van der Waals surface area contributed by atoms with Crippen LogP contribution in [-0.2, 0) is 0 Å². The fraction of sp³-hybridized carbons (Fsp3) is 0.333. The Labute approximate surface area is 174 Å². The molecule has 0 aliphatic rings. The molecule has 150 valence electrons. The van der Waals surface area contributed by atoms with Crippen molar-refractivity contribution in [2.75, 3.05) is 6.61 Å². The summed E-state index contributed by atoms with van der Waals surface area (Å²) in [6, 6.07) is 8.34. The molecule has 4 nitrogen and oxygen atoms in total. The second-order valence-corrected chi connectivity index (χ2v) is 8.91. The smallest absolute Gasteiger partial charge is 0.274 e. The number of rotatable bonds is 4. The lowest BCUT2D eigenvalue weighted by Gasteiger charge is -2.15. The van der Waals surface area contributed by atoms with Crippen molar-refractivity contribution in [3.05, 3.63) is 67.0 Å². The van der Waals surface area contributed by atoms with Crippen molar-refractivity contribution < 1.29 is 4.74 Å². The molecule has 0 saturated heterocycles. The Morgan fingerprint density at radius 3 is 2.52 bits per heavy atom. The lowest BCUT2D eigenvalue weighted by atomic mass is 9.96. The van der Waals surface area contributed by atoms with Gasteiger partial charge in [-0.05, 0) is 91.8 Å². The molecule has 0 atom stereocenters. The SMILES string of the molecule is CCOc1cc(C)c(/C=c2\sc3nc4cc(C)c(C)cc4n3c2=O)cc1C(C)C. The number of aryl methyl sites for hydroxylation is 3. The van der Waals surface area contributed by atoms with Crippen LogP contribution in [0.1, 0.15) is 54.5 Å². The van der Waals surface area contributed by atoms with Crippen molar-refractivity contribution in [2.24, 2.45) is 0 Å². The third-order valence-electron chi connectivity index (χ3n) is 5.46. The van der Waals surface area contributed by atoms with Gasteiger partial charge in [0.05, 0.1) is 22.2 Å². The number of hydrogen-bond donors (Lipinski definition) is 0. The zero-order valence-electron chi connectivity index (χ0n) is 17.8. The van der Waals surface area contributed by atoms with Gasteiger partial charge in [0.15, 0.2) is 4.96 Å². The Hall–Kier alpha value is -2.66. The monoisotopic (exact) mass is 406 g/mol. The van der Waals surface area contributed by atoms with E-state index in [2.05, 4.69) is 63.9 Å². The first kappa shape index (κ1) is 19.6. The minimum atomic E-state index is -0.00450. The first-order valence-corrected chi connectivity index (χ1v) is 10.8. The van der Waals surface area contributed by atoms with Crippen LogP contribution in [0, 0.1) is 20.8 Å². The highest BCUT2D eigenvalue weighted by Gasteiger charge is 2.14. The molecule has 4 aromatic rings. The van der Waals surface area contributed by atoms with Gasteiger partial charge in [-0.3, -0.25) is 4.79 Å². The standard InChI is InChI=1S/C24H26N2O2S/c1-7-28-21-10-16(6)17(11-18(21)13(2)3)12-22-23(27)26-20-9-15(5)14(4)8-19(20)25-24(26)29-22/h8-13H,7H2,1-6H3/b22-12-. The number of hydrogen-bond acceptors (Lipinski definition) is 4. The molecule has 0 bridgehead atoms. The van der Waals surface area contributed by atoms with E-state index in [0.29, 0.717) is 17.1 Å². The molecule has 0 saturated carbocycles. The number of fused-ring (bicyclic) bond motifs is 3. The topological polar surface area (TPSA) is 43.6 Å². The second-order valence-electron chi connectivity index (χ2n) is 7.91. The first-order valence-electron chi connectivity index (χ1n) is 10.0. The Bertz CT molecular complexity index is 1350. The molecule has 4 rings (SSSR count). The largest absolute Gasteiger partial charge is 0.494 e. The molecule has 2 heterocycles. The van der Waals surface area contributed by atoms with Crippen LogP contribution < -0.4 is 14.8 Å². The molecule has 2 aromatic carbocycles. The predicted octanol–water partition coefficient (Wildman–Crippen LogP) is 4.90. The van der Waals surface area contributed by atoms with E-state index < -0.39 is 0 Å². The quantitative estimate of drug-likeness (QED) is 0.484. The average molecular weight is 407 g/mol. The van der Waals surface area contributed by atoms with Gasteiger partial charge in [-0.1, -0.05) is 25.2 Å². The molecule has 0 N–H and O–H groups in total. The van der Waals surface area contributed by atoms with Gasteiger partial charge in [0, 0.05) is 0 Å². The lowest BCUT2D eigenvalue weighted by Crippen LogP contribution is -2.22. The number of nitrogens with zero attached hydrogens (tertiary/aromatic N) is 2. The third kappa shape index (κ3) is 3.33. The summed E-state index contributed by atoms with van der Waals surface area (Å²) in [6.45, 7) is 13.1. The van der Waals surface area contributed by atoms with E-state index in [4.69, 9.17) is 4.74 Å². The summed E-state index contributed by atoms with van der Waals surface area (Å²) in [6.07, 6.45) is 1.99. The molecule has 0 spiro atoms. The first-order chi connectivity index (χ1) is 13.8. The second kappa shape index (κ2) is 7.30. The fourth-order valence-corrected chi connectivity index (χ4v) is 4.64. The van der Waals surface area contributed by atoms with E-state index in [1.807, 2.05) is 13.0 Å². The summed E-state index contributed by atoms with van der Waals surface area (Å²) >= 11 is 1.45. The van der Waals surface area contributed by atoms with E-state index in [1.54, 1.807) is 4.40 Å². The van der Waals surface area contributed by atoms with Crippen molar-refractivity contribution in [3.8, 4) is 5.75 Å². The summed E-state index contributed by atoms with van der Waals surface area (Å²) in [5.74, 6) is 1.27. The molecule has 0 amide bonds. The number of aromatic nitrogens is 2. The highest BCUT2D eigenvalue weighted by molar-refractivity contribution is 7.15. The maximum Gasteiger partial charge on any atom is 0.274 e. The predicted molar refractivity (Wildman–Crippen MR) is 122 cm³/mol. The summed E-state index contributed by atoms with van der Waals surface area (Å²) in [5, 5.41) is 0. The van der Waals surface area contributed by atoms with Crippen LogP contribution in [0.2, 0.25) is 0 Å². The Morgan fingerprint density at radius 2 is 1.83 bits per heavy atom. The van der Waals surface area contributed by atoms with Crippen LogP contribution >= 0.6 is 11.3 Å². The summed E-state index contributed by atoms with van der Waals surface area (Å²) in [7, 11) is 0. The number of thiazole rings is 1. The average Bonchev–Trinajstić information content (AvgIpc) is 3.14. The van der Waals surface area contributed by atoms with E-state index in [0.717, 1.165) is 38.4 Å². The van der Waals surface area contributed by atoms with E-state index in [1.165, 1.54) is 22.5 Å². The molecule has 0 unspecified atom stereocenters. The normalized spacial score (nSPS) is 12.6. The van der Waals surface area contributed by atoms with Crippen LogP contribution in [0.15, 0.2) is 29.1 Å². The van der Waals surface area contributed by atoms with Gasteiger partial charge in [0.1, 0.15) is 5.75 Å². The van der Waals surface area contributed by atoms with Crippen LogP contribution in [0.4, 0.5) is 0 Å². The molecule has 0 radical (unpaired) electrons.